The van der Waals surface area contributed by atoms with E-state index in [2.05, 4.69) is 0 Å². The molecule has 0 aromatic heterocycles. The van der Waals surface area contributed by atoms with Crippen LogP contribution in [0.5, 0.6) is 0 Å². The van der Waals surface area contributed by atoms with Gasteiger partial charge in [-0.15, -0.1) is 0 Å². The van der Waals surface area contributed by atoms with Crippen LogP contribution in [0.3, 0.4) is 0 Å². The molecule has 110 valence electrons. The molecule has 0 aliphatic rings. The summed E-state index contributed by atoms with van der Waals surface area (Å²) in [6.07, 6.45) is 0. The standard InChI is InChI=1S/C16H14ClNO2S.Na.H/c1-9-2-4-10(5-3-9)15(21)12-8-11(6-7-13(12)17)14(18)16(19)20;;/h2-8,14H,18H2,1H3,(H,19,20);;/q;+1;-1. The summed E-state index contributed by atoms with van der Waals surface area (Å²) in [5, 5.41) is 9.46. The van der Waals surface area contributed by atoms with Gasteiger partial charge < -0.3 is 12.3 Å². The number of halogens is 1. The van der Waals surface area contributed by atoms with Gasteiger partial charge in [0.25, 0.3) is 0 Å². The molecule has 0 saturated carbocycles. The van der Waals surface area contributed by atoms with Crippen molar-refractivity contribution in [3.05, 3.63) is 69.7 Å². The fourth-order valence-electron chi connectivity index (χ4n) is 1.91. The number of carboxylic acid groups (broad SMARTS) is 1. The number of hydrogen-bond donors (Lipinski definition) is 2. The van der Waals surface area contributed by atoms with Gasteiger partial charge in [-0.05, 0) is 30.2 Å². The van der Waals surface area contributed by atoms with Crippen LogP contribution in [0.25, 0.3) is 0 Å². The van der Waals surface area contributed by atoms with E-state index in [1.54, 1.807) is 18.2 Å². The van der Waals surface area contributed by atoms with E-state index in [0.717, 1.165) is 11.1 Å². The molecule has 2 aromatic carbocycles. The van der Waals surface area contributed by atoms with Crippen LogP contribution in [0.15, 0.2) is 42.5 Å². The summed E-state index contributed by atoms with van der Waals surface area (Å²) in [6, 6.07) is 11.5. The van der Waals surface area contributed by atoms with Crippen molar-refractivity contribution in [2.45, 2.75) is 13.0 Å². The molecular weight excluding hydrogens is 329 g/mol. The molecule has 2 rings (SSSR count). The number of thiocarbonyl (C=S) groups is 1. The maximum atomic E-state index is 11.0. The van der Waals surface area contributed by atoms with E-state index in [1.807, 2.05) is 31.2 Å². The Kier molecular flexibility index (Phi) is 7.19. The Morgan fingerprint density at radius 1 is 1.27 bits per heavy atom. The summed E-state index contributed by atoms with van der Waals surface area (Å²) >= 11 is 11.6. The van der Waals surface area contributed by atoms with Gasteiger partial charge in [0.1, 0.15) is 6.04 Å². The van der Waals surface area contributed by atoms with Crippen LogP contribution in [-0.2, 0) is 4.79 Å². The fraction of sp³-hybridized carbons (Fsp3) is 0.125. The number of nitrogens with two attached hydrogens (primary N) is 1. The summed E-state index contributed by atoms with van der Waals surface area (Å²) in [4.78, 5) is 11.6. The molecule has 0 spiro atoms. The van der Waals surface area contributed by atoms with Gasteiger partial charge in [0, 0.05) is 10.6 Å². The molecule has 1 unspecified atom stereocenters. The number of rotatable bonds is 4. The van der Waals surface area contributed by atoms with Gasteiger partial charge in [-0.1, -0.05) is 59.7 Å². The molecule has 0 bridgehead atoms. The van der Waals surface area contributed by atoms with Crippen LogP contribution in [-0.4, -0.2) is 15.9 Å². The average molecular weight is 344 g/mol. The average Bonchev–Trinajstić information content (AvgIpc) is 2.47. The minimum atomic E-state index is -1.10. The van der Waals surface area contributed by atoms with E-state index < -0.39 is 12.0 Å². The molecular formula is C16H15ClNNaO2S. The van der Waals surface area contributed by atoms with Crippen molar-refractivity contribution in [3.8, 4) is 0 Å². The second-order valence-corrected chi connectivity index (χ2v) is 5.57. The van der Waals surface area contributed by atoms with Crippen molar-refractivity contribution in [2.24, 2.45) is 5.73 Å². The molecule has 22 heavy (non-hydrogen) atoms. The van der Waals surface area contributed by atoms with Crippen LogP contribution >= 0.6 is 23.8 Å². The molecule has 1 atom stereocenters. The number of carboxylic acids is 1. The Bertz CT molecular complexity index is 710. The summed E-state index contributed by atoms with van der Waals surface area (Å²) < 4.78 is 0. The number of benzene rings is 2. The van der Waals surface area contributed by atoms with E-state index in [0.29, 0.717) is 21.0 Å². The molecule has 3 N–H and O–H groups in total. The Morgan fingerprint density at radius 3 is 2.41 bits per heavy atom. The van der Waals surface area contributed by atoms with E-state index in [1.165, 1.54) is 0 Å². The zero-order valence-corrected chi connectivity index (χ0v) is 15.9. The first-order valence-electron chi connectivity index (χ1n) is 6.29. The molecule has 0 fully saturated rings. The van der Waals surface area contributed by atoms with Crippen molar-refractivity contribution in [1.29, 1.82) is 0 Å². The number of aliphatic carboxylic acids is 1. The van der Waals surface area contributed by atoms with Crippen LogP contribution in [0.1, 0.15) is 29.7 Å². The summed E-state index contributed by atoms with van der Waals surface area (Å²) in [6.45, 7) is 1.99. The maximum absolute atomic E-state index is 11.0. The second kappa shape index (κ2) is 8.20. The van der Waals surface area contributed by atoms with E-state index in [9.17, 15) is 4.79 Å². The van der Waals surface area contributed by atoms with Crippen LogP contribution in [0.2, 0.25) is 5.02 Å². The maximum Gasteiger partial charge on any atom is 1.00 e. The molecule has 0 radical (unpaired) electrons. The monoisotopic (exact) mass is 343 g/mol. The van der Waals surface area contributed by atoms with Crippen molar-refractivity contribution in [3.63, 3.8) is 0 Å². The molecule has 2 aromatic rings. The van der Waals surface area contributed by atoms with Crippen molar-refractivity contribution < 1.29 is 40.9 Å². The van der Waals surface area contributed by atoms with Gasteiger partial charge in [0.2, 0.25) is 0 Å². The van der Waals surface area contributed by atoms with Gasteiger partial charge in [-0.2, -0.15) is 0 Å². The summed E-state index contributed by atoms with van der Waals surface area (Å²) in [5.41, 5.74) is 8.71. The smallest absolute Gasteiger partial charge is 1.00 e. The first-order chi connectivity index (χ1) is 9.90. The minimum Gasteiger partial charge on any atom is -1.00 e. The zero-order valence-electron chi connectivity index (χ0n) is 13.3. The normalized spacial score (nSPS) is 11.4. The molecule has 0 aliphatic carbocycles. The quantitative estimate of drug-likeness (QED) is 0.485. The number of aryl methyl sites for hydroxylation is 1. The van der Waals surface area contributed by atoms with E-state index in [4.69, 9.17) is 34.7 Å². The van der Waals surface area contributed by atoms with Gasteiger partial charge in [-0.3, -0.25) is 4.79 Å². The predicted octanol–water partition coefficient (Wildman–Crippen LogP) is 0.616. The number of carbonyl (C=O) groups is 1. The third-order valence-electron chi connectivity index (χ3n) is 3.17. The minimum absolute atomic E-state index is 0. The Balaban J connectivity index is 0.00000242. The number of hydrogen-bond acceptors (Lipinski definition) is 3. The molecule has 3 nitrogen and oxygen atoms in total. The van der Waals surface area contributed by atoms with E-state index in [-0.39, 0.29) is 31.0 Å². The first kappa shape index (κ1) is 19.3. The van der Waals surface area contributed by atoms with Crippen molar-refractivity contribution in [2.75, 3.05) is 0 Å². The van der Waals surface area contributed by atoms with Crippen molar-refractivity contribution >= 4 is 34.7 Å². The molecule has 6 heteroatoms. The third-order valence-corrected chi connectivity index (χ3v) is 3.96. The van der Waals surface area contributed by atoms with Crippen LogP contribution in [0.4, 0.5) is 0 Å². The van der Waals surface area contributed by atoms with Gasteiger partial charge in [0.05, 0.1) is 4.86 Å². The van der Waals surface area contributed by atoms with Gasteiger partial charge in [-0.25, -0.2) is 0 Å². The molecule has 0 amide bonds. The largest absolute Gasteiger partial charge is 1.00 e. The third kappa shape index (κ3) is 4.38. The first-order valence-corrected chi connectivity index (χ1v) is 7.08. The Labute approximate surface area is 163 Å². The molecule has 0 saturated heterocycles. The second-order valence-electron chi connectivity index (χ2n) is 4.75. The van der Waals surface area contributed by atoms with Gasteiger partial charge >= 0.3 is 35.5 Å². The van der Waals surface area contributed by atoms with Crippen LogP contribution < -0.4 is 35.3 Å². The summed E-state index contributed by atoms with van der Waals surface area (Å²) in [7, 11) is 0. The zero-order chi connectivity index (χ0) is 15.6. The van der Waals surface area contributed by atoms with Crippen molar-refractivity contribution in [1.82, 2.24) is 0 Å². The van der Waals surface area contributed by atoms with Crippen LogP contribution in [0, 0.1) is 6.92 Å². The summed E-state index contributed by atoms with van der Waals surface area (Å²) in [5.74, 6) is -1.09. The topological polar surface area (TPSA) is 63.3 Å². The fourth-order valence-corrected chi connectivity index (χ4v) is 2.49. The molecule has 0 aliphatic heterocycles. The van der Waals surface area contributed by atoms with E-state index >= 15 is 0 Å². The predicted molar refractivity (Wildman–Crippen MR) is 89.1 cm³/mol. The SMILES string of the molecule is Cc1ccc(C(=S)c2cc(C(N)C(=O)O)ccc2Cl)cc1.[H-].[Na+]. The van der Waals surface area contributed by atoms with Gasteiger partial charge in [0.15, 0.2) is 0 Å². The Hall–Kier alpha value is -0.750. The Morgan fingerprint density at radius 2 is 1.86 bits per heavy atom. The molecule has 0 heterocycles.